The van der Waals surface area contributed by atoms with Gasteiger partial charge >= 0.3 is 0 Å². The summed E-state index contributed by atoms with van der Waals surface area (Å²) in [5.41, 5.74) is 2.50. The van der Waals surface area contributed by atoms with E-state index in [0.29, 0.717) is 16.8 Å². The number of aromatic nitrogens is 5. The van der Waals surface area contributed by atoms with Crippen molar-refractivity contribution in [2.45, 2.75) is 30.6 Å². The van der Waals surface area contributed by atoms with Gasteiger partial charge < -0.3 is 9.47 Å². The number of hydrogen-bond donors (Lipinski definition) is 1. The SMILES string of the molecule is COc1ccc(-c2nnc(SCC(=O)Nc3nncs3)n2C[C@@H]2CCCO2)cc1. The molecule has 1 atom stereocenters. The summed E-state index contributed by atoms with van der Waals surface area (Å²) in [6.07, 6.45) is 2.18. The molecule has 152 valence electrons. The van der Waals surface area contributed by atoms with Gasteiger partial charge in [0.15, 0.2) is 11.0 Å². The quantitative estimate of drug-likeness (QED) is 0.542. The first-order chi connectivity index (χ1) is 14.2. The maximum atomic E-state index is 12.2. The molecule has 1 aliphatic rings. The van der Waals surface area contributed by atoms with Gasteiger partial charge in [-0.3, -0.25) is 14.7 Å². The molecule has 0 radical (unpaired) electrons. The van der Waals surface area contributed by atoms with Crippen LogP contribution in [0.4, 0.5) is 5.13 Å². The molecule has 0 spiro atoms. The van der Waals surface area contributed by atoms with Crippen molar-refractivity contribution in [2.75, 3.05) is 24.8 Å². The molecular formula is C18H20N6O3S2. The van der Waals surface area contributed by atoms with E-state index in [1.165, 1.54) is 23.1 Å². The Bertz CT molecular complexity index is 939. The second-order valence-electron chi connectivity index (χ2n) is 6.36. The Labute approximate surface area is 175 Å². The third-order valence-corrected chi connectivity index (χ3v) is 5.99. The summed E-state index contributed by atoms with van der Waals surface area (Å²) in [5.74, 6) is 1.56. The lowest BCUT2D eigenvalue weighted by Crippen LogP contribution is -2.18. The van der Waals surface area contributed by atoms with Crippen molar-refractivity contribution < 1.29 is 14.3 Å². The number of amides is 1. The van der Waals surface area contributed by atoms with E-state index >= 15 is 0 Å². The van der Waals surface area contributed by atoms with Crippen LogP contribution < -0.4 is 10.1 Å². The molecule has 29 heavy (non-hydrogen) atoms. The van der Waals surface area contributed by atoms with Crippen LogP contribution in [0, 0.1) is 0 Å². The predicted octanol–water partition coefficient (Wildman–Crippen LogP) is 2.72. The first-order valence-electron chi connectivity index (χ1n) is 9.11. The number of ether oxygens (including phenoxy) is 2. The lowest BCUT2D eigenvalue weighted by Gasteiger charge is -2.14. The van der Waals surface area contributed by atoms with E-state index in [1.54, 1.807) is 12.6 Å². The Hall–Kier alpha value is -2.50. The molecule has 4 rings (SSSR count). The number of rotatable bonds is 8. The number of benzene rings is 1. The van der Waals surface area contributed by atoms with Crippen LogP contribution in [-0.4, -0.2) is 56.4 Å². The fraction of sp³-hybridized carbons (Fsp3) is 0.389. The van der Waals surface area contributed by atoms with Crippen molar-refractivity contribution in [1.29, 1.82) is 0 Å². The summed E-state index contributed by atoms with van der Waals surface area (Å²) in [5, 5.41) is 20.1. The van der Waals surface area contributed by atoms with Crippen LogP contribution in [0.25, 0.3) is 11.4 Å². The zero-order chi connectivity index (χ0) is 20.1. The fourth-order valence-electron chi connectivity index (χ4n) is 3.02. The molecule has 1 aliphatic heterocycles. The van der Waals surface area contributed by atoms with E-state index in [1.807, 2.05) is 28.8 Å². The number of nitrogens with one attached hydrogen (secondary N) is 1. The first-order valence-corrected chi connectivity index (χ1v) is 11.0. The molecule has 9 nitrogen and oxygen atoms in total. The van der Waals surface area contributed by atoms with Crippen molar-refractivity contribution in [2.24, 2.45) is 0 Å². The van der Waals surface area contributed by atoms with Gasteiger partial charge in [-0.15, -0.1) is 20.4 Å². The maximum absolute atomic E-state index is 12.2. The lowest BCUT2D eigenvalue weighted by molar-refractivity contribution is -0.113. The Morgan fingerprint density at radius 3 is 2.90 bits per heavy atom. The van der Waals surface area contributed by atoms with E-state index < -0.39 is 0 Å². The molecule has 1 amide bonds. The van der Waals surface area contributed by atoms with Crippen molar-refractivity contribution in [3.8, 4) is 17.1 Å². The van der Waals surface area contributed by atoms with Crippen LogP contribution in [0.1, 0.15) is 12.8 Å². The van der Waals surface area contributed by atoms with Gasteiger partial charge in [0.05, 0.1) is 25.5 Å². The number of nitrogens with zero attached hydrogens (tertiary/aromatic N) is 5. The maximum Gasteiger partial charge on any atom is 0.236 e. The summed E-state index contributed by atoms with van der Waals surface area (Å²) in [4.78, 5) is 12.2. The number of carbonyl (C=O) groups is 1. The van der Waals surface area contributed by atoms with Crippen LogP contribution in [0.5, 0.6) is 5.75 Å². The van der Waals surface area contributed by atoms with Crippen molar-refractivity contribution in [1.82, 2.24) is 25.0 Å². The third-order valence-electron chi connectivity index (χ3n) is 4.41. The zero-order valence-electron chi connectivity index (χ0n) is 15.8. The largest absolute Gasteiger partial charge is 0.497 e. The molecule has 0 unspecified atom stereocenters. The van der Waals surface area contributed by atoms with Crippen LogP contribution in [-0.2, 0) is 16.1 Å². The van der Waals surface area contributed by atoms with Crippen molar-refractivity contribution in [3.05, 3.63) is 29.8 Å². The molecule has 3 aromatic rings. The minimum absolute atomic E-state index is 0.123. The normalized spacial score (nSPS) is 16.1. The number of carbonyl (C=O) groups excluding carboxylic acids is 1. The summed E-state index contributed by atoms with van der Waals surface area (Å²) >= 11 is 2.62. The average molecular weight is 433 g/mol. The lowest BCUT2D eigenvalue weighted by atomic mass is 10.2. The molecule has 0 bridgehead atoms. The molecule has 1 fully saturated rings. The van der Waals surface area contributed by atoms with Gasteiger partial charge in [0, 0.05) is 12.2 Å². The molecule has 0 aliphatic carbocycles. The number of thioether (sulfide) groups is 1. The predicted molar refractivity (Wildman–Crippen MR) is 110 cm³/mol. The van der Waals surface area contributed by atoms with Gasteiger partial charge in [0.25, 0.3) is 0 Å². The average Bonchev–Trinajstić information content (AvgIpc) is 3.50. The van der Waals surface area contributed by atoms with Crippen molar-refractivity contribution >= 4 is 34.1 Å². The van der Waals surface area contributed by atoms with E-state index in [9.17, 15) is 4.79 Å². The zero-order valence-corrected chi connectivity index (χ0v) is 17.4. The standard InChI is InChI=1S/C18H20N6O3S2/c1-26-13-6-4-12(5-7-13)16-21-23-18(24(16)9-14-3-2-8-27-14)28-10-15(25)20-17-22-19-11-29-17/h4-7,11,14H,2-3,8-10H2,1H3,(H,20,22,25)/t14-/m0/s1. The van der Waals surface area contributed by atoms with E-state index in [0.717, 1.165) is 36.6 Å². The van der Waals surface area contributed by atoms with Gasteiger partial charge in [-0.1, -0.05) is 23.1 Å². The minimum Gasteiger partial charge on any atom is -0.497 e. The highest BCUT2D eigenvalue weighted by Gasteiger charge is 2.22. The second-order valence-corrected chi connectivity index (χ2v) is 8.14. The topological polar surface area (TPSA) is 104 Å². The molecule has 1 saturated heterocycles. The third kappa shape index (κ3) is 4.92. The molecule has 2 aromatic heterocycles. The van der Waals surface area contributed by atoms with Crippen LogP contribution >= 0.6 is 23.1 Å². The van der Waals surface area contributed by atoms with E-state index in [2.05, 4.69) is 25.7 Å². The molecule has 0 saturated carbocycles. The monoisotopic (exact) mass is 432 g/mol. The van der Waals surface area contributed by atoms with Crippen LogP contribution in [0.2, 0.25) is 0 Å². The van der Waals surface area contributed by atoms with Gasteiger partial charge in [-0.05, 0) is 37.1 Å². The highest BCUT2D eigenvalue weighted by molar-refractivity contribution is 7.99. The van der Waals surface area contributed by atoms with Gasteiger partial charge in [0.1, 0.15) is 11.3 Å². The fourth-order valence-corrected chi connectivity index (χ4v) is 4.23. The highest BCUT2D eigenvalue weighted by Crippen LogP contribution is 2.28. The highest BCUT2D eigenvalue weighted by atomic mass is 32.2. The van der Waals surface area contributed by atoms with E-state index in [-0.39, 0.29) is 17.8 Å². The molecular weight excluding hydrogens is 412 g/mol. The molecule has 1 N–H and O–H groups in total. The summed E-state index contributed by atoms with van der Waals surface area (Å²) in [7, 11) is 1.64. The Morgan fingerprint density at radius 2 is 2.21 bits per heavy atom. The Balaban J connectivity index is 1.52. The molecule has 3 heterocycles. The molecule has 11 heteroatoms. The summed E-state index contributed by atoms with van der Waals surface area (Å²) < 4.78 is 13.1. The van der Waals surface area contributed by atoms with Crippen molar-refractivity contribution in [3.63, 3.8) is 0 Å². The number of methoxy groups -OCH3 is 1. The van der Waals surface area contributed by atoms with Gasteiger partial charge in [0.2, 0.25) is 11.0 Å². The smallest absolute Gasteiger partial charge is 0.236 e. The minimum atomic E-state index is -0.163. The summed E-state index contributed by atoms with van der Waals surface area (Å²) in [6.45, 7) is 1.42. The Morgan fingerprint density at radius 1 is 1.34 bits per heavy atom. The van der Waals surface area contributed by atoms with Gasteiger partial charge in [-0.2, -0.15) is 0 Å². The van der Waals surface area contributed by atoms with E-state index in [4.69, 9.17) is 9.47 Å². The van der Waals surface area contributed by atoms with Gasteiger partial charge in [-0.25, -0.2) is 0 Å². The number of hydrogen-bond acceptors (Lipinski definition) is 9. The second kappa shape index (κ2) is 9.33. The molecule has 1 aromatic carbocycles. The van der Waals surface area contributed by atoms with Crippen LogP contribution in [0.15, 0.2) is 34.9 Å². The summed E-state index contributed by atoms with van der Waals surface area (Å²) in [6, 6.07) is 7.68. The first kappa shape index (κ1) is 19.8. The number of anilines is 1. The Kier molecular flexibility index (Phi) is 6.37. The van der Waals surface area contributed by atoms with Crippen LogP contribution in [0.3, 0.4) is 0 Å².